The van der Waals surface area contributed by atoms with Crippen LogP contribution in [0.2, 0.25) is 0 Å². The Labute approximate surface area is 139 Å². The van der Waals surface area contributed by atoms with E-state index in [1.54, 1.807) is 0 Å². The summed E-state index contributed by atoms with van der Waals surface area (Å²) in [4.78, 5) is 15.8. The first-order valence-electron chi connectivity index (χ1n) is 6.95. The molecule has 0 aromatic heterocycles. The van der Waals surface area contributed by atoms with Gasteiger partial charge in [-0.3, -0.25) is 0 Å². The summed E-state index contributed by atoms with van der Waals surface area (Å²) in [5.41, 5.74) is 0.144. The van der Waals surface area contributed by atoms with Crippen LogP contribution in [-0.2, 0) is 9.53 Å². The van der Waals surface area contributed by atoms with Gasteiger partial charge in [0.1, 0.15) is 17.4 Å². The predicted molar refractivity (Wildman–Crippen MR) is 80.0 cm³/mol. The lowest BCUT2D eigenvalue weighted by Crippen LogP contribution is -2.06. The molecule has 8 heteroatoms. The van der Waals surface area contributed by atoms with E-state index in [9.17, 15) is 22.4 Å². The molecule has 0 aliphatic carbocycles. The van der Waals surface area contributed by atoms with Crippen molar-refractivity contribution in [1.29, 1.82) is 0 Å². The van der Waals surface area contributed by atoms with Crippen LogP contribution in [0.5, 0.6) is 5.75 Å². The highest BCUT2D eigenvalue weighted by atomic mass is 19.3. The third-order valence-corrected chi connectivity index (χ3v) is 3.20. The second-order valence-corrected chi connectivity index (χ2v) is 4.90. The molecule has 0 fully saturated rings. The molecule has 1 aliphatic heterocycles. The number of esters is 1. The number of alkyl halides is 2. The minimum Gasteiger partial charge on any atom is -0.435 e. The first kappa shape index (κ1) is 16.7. The lowest BCUT2D eigenvalue weighted by Gasteiger charge is -2.04. The molecule has 0 saturated heterocycles. The molecule has 128 valence electrons. The molecule has 0 unspecified atom stereocenters. The molecule has 0 saturated carbocycles. The molecule has 0 bridgehead atoms. The van der Waals surface area contributed by atoms with Crippen LogP contribution < -0.4 is 4.74 Å². The summed E-state index contributed by atoms with van der Waals surface area (Å²) in [5, 5.41) is 0. The number of ether oxygens (including phenoxy) is 2. The highest BCUT2D eigenvalue weighted by Gasteiger charge is 2.24. The molecule has 1 aliphatic rings. The average Bonchev–Trinajstić information content (AvgIpc) is 2.91. The number of hydrogen-bond acceptors (Lipinski definition) is 4. The highest BCUT2D eigenvalue weighted by Crippen LogP contribution is 2.22. The van der Waals surface area contributed by atoms with Crippen molar-refractivity contribution in [2.24, 2.45) is 4.99 Å². The van der Waals surface area contributed by atoms with Crippen molar-refractivity contribution in [2.45, 2.75) is 6.61 Å². The van der Waals surface area contributed by atoms with Gasteiger partial charge in [0, 0.05) is 17.2 Å². The van der Waals surface area contributed by atoms with Crippen molar-refractivity contribution in [3.8, 4) is 5.75 Å². The zero-order valence-corrected chi connectivity index (χ0v) is 12.4. The molecule has 2 aromatic carbocycles. The number of aliphatic imine (C=N–C) groups is 1. The maximum Gasteiger partial charge on any atom is 0.387 e. The van der Waals surface area contributed by atoms with Gasteiger partial charge in [0.15, 0.2) is 5.70 Å². The van der Waals surface area contributed by atoms with Gasteiger partial charge in [-0.25, -0.2) is 18.6 Å². The van der Waals surface area contributed by atoms with Crippen LogP contribution in [0.3, 0.4) is 0 Å². The number of benzene rings is 2. The Hall–Kier alpha value is -3.16. The van der Waals surface area contributed by atoms with Crippen LogP contribution in [0.25, 0.3) is 6.08 Å². The van der Waals surface area contributed by atoms with Gasteiger partial charge in [0.25, 0.3) is 0 Å². The molecule has 0 spiro atoms. The minimum absolute atomic E-state index is 0.0287. The van der Waals surface area contributed by atoms with Gasteiger partial charge in [-0.05, 0) is 42.5 Å². The summed E-state index contributed by atoms with van der Waals surface area (Å²) in [6.07, 6.45) is 1.12. The summed E-state index contributed by atoms with van der Waals surface area (Å²) >= 11 is 0. The van der Waals surface area contributed by atoms with Crippen LogP contribution >= 0.6 is 0 Å². The molecule has 25 heavy (non-hydrogen) atoms. The smallest absolute Gasteiger partial charge is 0.387 e. The fourth-order valence-electron chi connectivity index (χ4n) is 2.08. The van der Waals surface area contributed by atoms with E-state index in [0.717, 1.165) is 18.2 Å². The quantitative estimate of drug-likeness (QED) is 0.477. The Morgan fingerprint density at radius 1 is 1.08 bits per heavy atom. The number of halogens is 4. The molecule has 1 heterocycles. The first-order chi connectivity index (χ1) is 11.9. The van der Waals surface area contributed by atoms with Gasteiger partial charge < -0.3 is 9.47 Å². The van der Waals surface area contributed by atoms with Crippen LogP contribution in [0.1, 0.15) is 11.1 Å². The number of nitrogens with zero attached hydrogens (tertiary/aromatic N) is 1. The molecule has 0 atom stereocenters. The first-order valence-corrected chi connectivity index (χ1v) is 6.95. The summed E-state index contributed by atoms with van der Waals surface area (Å²) in [6, 6.07) is 8.17. The molecule has 0 amide bonds. The average molecular weight is 351 g/mol. The van der Waals surface area contributed by atoms with E-state index in [4.69, 9.17) is 4.74 Å². The van der Waals surface area contributed by atoms with Gasteiger partial charge in [-0.15, -0.1) is 0 Å². The van der Waals surface area contributed by atoms with E-state index in [1.807, 2.05) is 0 Å². The minimum atomic E-state index is -2.95. The Morgan fingerprint density at radius 2 is 1.80 bits per heavy atom. The topological polar surface area (TPSA) is 47.9 Å². The maximum atomic E-state index is 13.6. The Kier molecular flexibility index (Phi) is 4.51. The normalized spacial score (nSPS) is 15.5. The molecule has 3 rings (SSSR count). The van der Waals surface area contributed by atoms with E-state index in [1.165, 1.54) is 24.3 Å². The second kappa shape index (κ2) is 6.76. The fourth-order valence-corrected chi connectivity index (χ4v) is 2.08. The zero-order chi connectivity index (χ0) is 18.0. The van der Waals surface area contributed by atoms with Crippen molar-refractivity contribution >= 4 is 17.9 Å². The van der Waals surface area contributed by atoms with Crippen LogP contribution in [-0.4, -0.2) is 18.5 Å². The van der Waals surface area contributed by atoms with Gasteiger partial charge in [-0.2, -0.15) is 8.78 Å². The predicted octanol–water partition coefficient (Wildman–Crippen LogP) is 3.91. The fraction of sp³-hybridized carbons (Fsp3) is 0.0588. The molecular formula is C17H9F4NO3. The molecule has 4 nitrogen and oxygen atoms in total. The van der Waals surface area contributed by atoms with E-state index >= 15 is 0 Å². The van der Waals surface area contributed by atoms with E-state index in [-0.39, 0.29) is 22.9 Å². The van der Waals surface area contributed by atoms with E-state index in [0.29, 0.717) is 11.6 Å². The monoisotopic (exact) mass is 351 g/mol. The number of hydrogen-bond donors (Lipinski definition) is 0. The summed E-state index contributed by atoms with van der Waals surface area (Å²) in [5.74, 6) is -2.54. The van der Waals surface area contributed by atoms with E-state index < -0.39 is 24.2 Å². The van der Waals surface area contributed by atoms with Crippen molar-refractivity contribution < 1.29 is 31.8 Å². The van der Waals surface area contributed by atoms with Crippen molar-refractivity contribution in [3.63, 3.8) is 0 Å². The van der Waals surface area contributed by atoms with Crippen molar-refractivity contribution in [3.05, 3.63) is 70.9 Å². The lowest BCUT2D eigenvalue weighted by molar-refractivity contribution is -0.129. The summed E-state index contributed by atoms with van der Waals surface area (Å²) in [7, 11) is 0. The number of rotatable bonds is 4. The molecule has 0 radical (unpaired) electrons. The maximum absolute atomic E-state index is 13.6. The Bertz CT molecular complexity index is 876. The van der Waals surface area contributed by atoms with Gasteiger partial charge in [-0.1, -0.05) is 0 Å². The standard InChI is InChI=1S/C17H9F4NO3/c18-11-4-1-10(13(19)8-11)7-14-16(23)25-15(22-14)9-2-5-12(6-3-9)24-17(20)21/h1-8,17H/b14-7-. The zero-order valence-electron chi connectivity index (χ0n) is 12.4. The lowest BCUT2D eigenvalue weighted by atomic mass is 10.2. The Balaban J connectivity index is 1.86. The largest absolute Gasteiger partial charge is 0.435 e. The third-order valence-electron chi connectivity index (χ3n) is 3.20. The molecule has 2 aromatic rings. The summed E-state index contributed by atoms with van der Waals surface area (Å²) < 4.78 is 59.9. The SMILES string of the molecule is O=C1OC(c2ccc(OC(F)F)cc2)=N/C1=C\c1ccc(F)cc1F. The number of cyclic esters (lactones) is 1. The Morgan fingerprint density at radius 3 is 2.44 bits per heavy atom. The van der Waals surface area contributed by atoms with Crippen LogP contribution in [0.15, 0.2) is 53.2 Å². The number of carbonyl (C=O) groups excluding carboxylic acids is 1. The van der Waals surface area contributed by atoms with Gasteiger partial charge >= 0.3 is 12.6 Å². The highest BCUT2D eigenvalue weighted by molar-refractivity contribution is 6.12. The van der Waals surface area contributed by atoms with Crippen molar-refractivity contribution in [2.75, 3.05) is 0 Å². The molecular weight excluding hydrogens is 342 g/mol. The van der Waals surface area contributed by atoms with Gasteiger partial charge in [0.2, 0.25) is 5.90 Å². The van der Waals surface area contributed by atoms with E-state index in [2.05, 4.69) is 9.73 Å². The third kappa shape index (κ3) is 3.85. The van der Waals surface area contributed by atoms with Crippen LogP contribution in [0.4, 0.5) is 17.6 Å². The summed E-state index contributed by atoms with van der Waals surface area (Å²) in [6.45, 7) is -2.95. The van der Waals surface area contributed by atoms with Crippen molar-refractivity contribution in [1.82, 2.24) is 0 Å². The molecule has 0 N–H and O–H groups in total. The number of carbonyl (C=O) groups is 1. The van der Waals surface area contributed by atoms with Crippen LogP contribution in [0, 0.1) is 11.6 Å². The van der Waals surface area contributed by atoms with Gasteiger partial charge in [0.05, 0.1) is 0 Å². The second-order valence-electron chi connectivity index (χ2n) is 4.90.